The maximum absolute atomic E-state index is 14.0. The molecule has 1 unspecified atom stereocenters. The first-order valence-corrected chi connectivity index (χ1v) is 14.4. The number of carbonyl (C=O) groups excluding carboxylic acids is 1. The van der Waals surface area contributed by atoms with Crippen LogP contribution < -0.4 is 24.5 Å². The van der Waals surface area contributed by atoms with E-state index in [0.717, 1.165) is 22.4 Å². The summed E-state index contributed by atoms with van der Waals surface area (Å²) in [4.78, 5) is 34.3. The lowest BCUT2D eigenvalue weighted by molar-refractivity contribution is -0.139. The van der Waals surface area contributed by atoms with Gasteiger partial charge in [-0.15, -0.1) is 0 Å². The molecule has 0 bridgehead atoms. The van der Waals surface area contributed by atoms with Gasteiger partial charge in [-0.05, 0) is 49.8 Å². The van der Waals surface area contributed by atoms with Crippen LogP contribution in [0.15, 0.2) is 93.9 Å². The lowest BCUT2D eigenvalue weighted by atomic mass is 9.95. The molecule has 1 atom stereocenters. The molecule has 1 aliphatic heterocycles. The summed E-state index contributed by atoms with van der Waals surface area (Å²) in [5.74, 6) is 0.139. The third-order valence-corrected chi connectivity index (χ3v) is 8.14. The number of ether oxygens (including phenoxy) is 2. The third kappa shape index (κ3) is 5.85. The molecule has 0 fully saturated rings. The monoisotopic (exact) mass is 587 g/mol. The van der Waals surface area contributed by atoms with Gasteiger partial charge in [-0.2, -0.15) is 0 Å². The highest BCUT2D eigenvalue weighted by molar-refractivity contribution is 7.07. The Bertz CT molecular complexity index is 1810. The van der Waals surface area contributed by atoms with Crippen LogP contribution in [-0.4, -0.2) is 31.2 Å². The second-order valence-electron chi connectivity index (χ2n) is 9.71. The summed E-state index contributed by atoms with van der Waals surface area (Å²) >= 11 is 7.59. The van der Waals surface area contributed by atoms with E-state index in [1.54, 1.807) is 24.5 Å². The van der Waals surface area contributed by atoms with Crippen molar-refractivity contribution in [2.45, 2.75) is 26.5 Å². The van der Waals surface area contributed by atoms with Gasteiger partial charge in [-0.3, -0.25) is 9.36 Å². The van der Waals surface area contributed by atoms with Gasteiger partial charge in [-0.25, -0.2) is 9.79 Å². The highest BCUT2D eigenvalue weighted by atomic mass is 35.5. The summed E-state index contributed by atoms with van der Waals surface area (Å²) in [7, 11) is 3.92. The van der Waals surface area contributed by atoms with Crippen LogP contribution in [0.5, 0.6) is 5.75 Å². The Kier molecular flexibility index (Phi) is 8.42. The van der Waals surface area contributed by atoms with Crippen molar-refractivity contribution in [3.8, 4) is 5.75 Å². The standard InChI is InChI=1S/C32H30ClN3O4S/c1-5-39-31(38)28-20(2)34-32-36(29(28)21-14-16-24(17-15-21)35(3)4)30(37)27(41-32)18-22-10-7-9-13-26(22)40-19-23-11-6-8-12-25(23)33/h6-18,29H,5,19H2,1-4H3. The average molecular weight is 588 g/mol. The number of anilines is 1. The highest BCUT2D eigenvalue weighted by Crippen LogP contribution is 2.32. The van der Waals surface area contributed by atoms with Crippen molar-refractivity contribution in [2.24, 2.45) is 4.99 Å². The quantitative estimate of drug-likeness (QED) is 0.268. The number of carbonyl (C=O) groups is 1. The zero-order valence-electron chi connectivity index (χ0n) is 23.3. The van der Waals surface area contributed by atoms with Crippen molar-refractivity contribution in [1.82, 2.24) is 4.57 Å². The molecule has 1 aliphatic rings. The van der Waals surface area contributed by atoms with E-state index in [1.807, 2.05) is 91.8 Å². The molecule has 0 spiro atoms. The lowest BCUT2D eigenvalue weighted by Gasteiger charge is -2.25. The van der Waals surface area contributed by atoms with Gasteiger partial charge in [0.25, 0.3) is 5.56 Å². The zero-order chi connectivity index (χ0) is 29.1. The molecule has 41 heavy (non-hydrogen) atoms. The minimum Gasteiger partial charge on any atom is -0.488 e. The van der Waals surface area contributed by atoms with Gasteiger partial charge >= 0.3 is 5.97 Å². The number of thiazole rings is 1. The molecule has 4 aromatic rings. The molecule has 0 aliphatic carbocycles. The van der Waals surface area contributed by atoms with Crippen LogP contribution in [0.4, 0.5) is 5.69 Å². The van der Waals surface area contributed by atoms with Gasteiger partial charge in [0, 0.05) is 35.9 Å². The number of benzene rings is 3. The largest absolute Gasteiger partial charge is 0.488 e. The summed E-state index contributed by atoms with van der Waals surface area (Å²) in [6.45, 7) is 4.05. The number of hydrogen-bond donors (Lipinski definition) is 0. The van der Waals surface area contributed by atoms with E-state index < -0.39 is 12.0 Å². The Morgan fingerprint density at radius 1 is 1.07 bits per heavy atom. The second-order valence-corrected chi connectivity index (χ2v) is 11.1. The zero-order valence-corrected chi connectivity index (χ0v) is 24.8. The van der Waals surface area contributed by atoms with Gasteiger partial charge in [0.15, 0.2) is 4.80 Å². The van der Waals surface area contributed by atoms with Crippen LogP contribution in [0.25, 0.3) is 6.08 Å². The molecule has 1 aromatic heterocycles. The van der Waals surface area contributed by atoms with E-state index in [9.17, 15) is 9.59 Å². The third-order valence-electron chi connectivity index (χ3n) is 6.79. The summed E-state index contributed by atoms with van der Waals surface area (Å²) in [5.41, 5.74) is 4.06. The van der Waals surface area contributed by atoms with E-state index in [4.69, 9.17) is 21.1 Å². The molecule has 9 heteroatoms. The van der Waals surface area contributed by atoms with Crippen molar-refractivity contribution >= 4 is 40.7 Å². The van der Waals surface area contributed by atoms with Crippen LogP contribution in [-0.2, 0) is 16.1 Å². The molecule has 2 heterocycles. The number of rotatable bonds is 8. The van der Waals surface area contributed by atoms with Gasteiger partial charge in [-0.1, -0.05) is 71.5 Å². The topological polar surface area (TPSA) is 73.1 Å². The Balaban J connectivity index is 1.60. The fraction of sp³-hybridized carbons (Fsp3) is 0.219. The van der Waals surface area contributed by atoms with E-state index in [1.165, 1.54) is 11.3 Å². The van der Waals surface area contributed by atoms with Gasteiger partial charge in [0.1, 0.15) is 12.4 Å². The Morgan fingerprint density at radius 2 is 1.78 bits per heavy atom. The van der Waals surface area contributed by atoms with E-state index in [-0.39, 0.29) is 18.8 Å². The van der Waals surface area contributed by atoms with E-state index >= 15 is 0 Å². The lowest BCUT2D eigenvalue weighted by Crippen LogP contribution is -2.40. The number of aromatic nitrogens is 1. The minimum absolute atomic E-state index is 0.220. The summed E-state index contributed by atoms with van der Waals surface area (Å²) in [6, 6.07) is 22.2. The molecule has 0 saturated heterocycles. The first-order chi connectivity index (χ1) is 19.8. The number of halogens is 1. The van der Waals surface area contributed by atoms with Crippen LogP contribution in [0, 0.1) is 0 Å². The summed E-state index contributed by atoms with van der Waals surface area (Å²) in [6.07, 6.45) is 1.81. The number of esters is 1. The summed E-state index contributed by atoms with van der Waals surface area (Å²) < 4.78 is 13.6. The fourth-order valence-corrected chi connectivity index (χ4v) is 5.93. The van der Waals surface area contributed by atoms with Gasteiger partial charge in [0.2, 0.25) is 0 Å². The SMILES string of the molecule is CCOC(=O)C1=C(C)N=c2sc(=Cc3ccccc3OCc3ccccc3Cl)c(=O)n2C1c1ccc(N(C)C)cc1. The predicted octanol–water partition coefficient (Wildman–Crippen LogP) is 5.10. The second kappa shape index (κ2) is 12.2. The fourth-order valence-electron chi connectivity index (χ4n) is 4.71. The van der Waals surface area contributed by atoms with Crippen LogP contribution in [0.3, 0.4) is 0 Å². The van der Waals surface area contributed by atoms with Crippen LogP contribution in [0.2, 0.25) is 5.02 Å². The molecular formula is C32H30ClN3O4S. The molecule has 0 N–H and O–H groups in total. The molecule has 0 saturated carbocycles. The first kappa shape index (κ1) is 28.4. The first-order valence-electron chi connectivity index (χ1n) is 13.2. The molecule has 0 radical (unpaired) electrons. The van der Waals surface area contributed by atoms with Crippen molar-refractivity contribution in [1.29, 1.82) is 0 Å². The molecule has 0 amide bonds. The Morgan fingerprint density at radius 3 is 2.49 bits per heavy atom. The number of para-hydroxylation sites is 1. The summed E-state index contributed by atoms with van der Waals surface area (Å²) in [5, 5.41) is 0.629. The average Bonchev–Trinajstić information content (AvgIpc) is 3.26. The van der Waals surface area contributed by atoms with Gasteiger partial charge in [0.05, 0.1) is 28.5 Å². The molecule has 5 rings (SSSR count). The number of allylic oxidation sites excluding steroid dienone is 1. The van der Waals surface area contributed by atoms with E-state index in [2.05, 4.69) is 4.99 Å². The highest BCUT2D eigenvalue weighted by Gasteiger charge is 2.33. The van der Waals surface area contributed by atoms with E-state index in [0.29, 0.717) is 31.4 Å². The maximum Gasteiger partial charge on any atom is 0.338 e. The maximum atomic E-state index is 14.0. The minimum atomic E-state index is -0.671. The molecular weight excluding hydrogens is 558 g/mol. The van der Waals surface area contributed by atoms with Crippen molar-refractivity contribution in [3.63, 3.8) is 0 Å². The van der Waals surface area contributed by atoms with Crippen LogP contribution >= 0.6 is 22.9 Å². The molecule has 3 aromatic carbocycles. The molecule has 210 valence electrons. The predicted molar refractivity (Wildman–Crippen MR) is 163 cm³/mol. The van der Waals surface area contributed by atoms with Crippen molar-refractivity contribution in [3.05, 3.63) is 125 Å². The number of nitrogens with zero attached hydrogens (tertiary/aromatic N) is 3. The number of hydrogen-bond acceptors (Lipinski definition) is 7. The smallest absolute Gasteiger partial charge is 0.338 e. The Labute approximate surface area is 247 Å². The number of fused-ring (bicyclic) bond motifs is 1. The van der Waals surface area contributed by atoms with Crippen molar-refractivity contribution in [2.75, 3.05) is 25.6 Å². The van der Waals surface area contributed by atoms with Gasteiger partial charge < -0.3 is 14.4 Å². The van der Waals surface area contributed by atoms with Crippen LogP contribution in [0.1, 0.15) is 36.6 Å². The van der Waals surface area contributed by atoms with Crippen molar-refractivity contribution < 1.29 is 14.3 Å². The normalized spacial score (nSPS) is 14.9. The molecule has 7 nitrogen and oxygen atoms in total. The Hall–Kier alpha value is -4.14.